The number of aliphatic imine (C=N–C) groups is 1. The van der Waals surface area contributed by atoms with Gasteiger partial charge in [0.2, 0.25) is 0 Å². The second-order valence-corrected chi connectivity index (χ2v) is 5.37. The molecule has 0 saturated carbocycles. The summed E-state index contributed by atoms with van der Waals surface area (Å²) in [7, 11) is 1.72. The molecule has 3 N–H and O–H groups in total. The van der Waals surface area contributed by atoms with Crippen molar-refractivity contribution in [3.05, 3.63) is 30.1 Å². The number of hydrogen-bond donors (Lipinski definition) is 3. The molecule has 1 heterocycles. The van der Waals surface area contributed by atoms with Gasteiger partial charge in [-0.1, -0.05) is 0 Å². The van der Waals surface area contributed by atoms with Crippen LogP contribution >= 0.6 is 0 Å². The molecule has 0 saturated heterocycles. The molecule has 0 unspecified atom stereocenters. The molecule has 0 aliphatic rings. The van der Waals surface area contributed by atoms with Crippen molar-refractivity contribution in [3.63, 3.8) is 0 Å². The van der Waals surface area contributed by atoms with E-state index in [1.807, 2.05) is 0 Å². The molecule has 6 nitrogen and oxygen atoms in total. The largest absolute Gasteiger partial charge is 0.355 e. The minimum absolute atomic E-state index is 0.0548. The van der Waals surface area contributed by atoms with Crippen LogP contribution in [-0.4, -0.2) is 42.5 Å². The Kier molecular flexibility index (Phi) is 5.96. The van der Waals surface area contributed by atoms with Crippen LogP contribution in [0, 0.1) is 0 Å². The third-order valence-corrected chi connectivity index (χ3v) is 2.34. The molecule has 0 radical (unpaired) electrons. The summed E-state index contributed by atoms with van der Waals surface area (Å²) in [6, 6.07) is 3.47. The van der Waals surface area contributed by atoms with Crippen LogP contribution in [0.2, 0.25) is 0 Å². The number of aromatic nitrogens is 1. The summed E-state index contributed by atoms with van der Waals surface area (Å²) in [6.45, 7) is 7.29. The van der Waals surface area contributed by atoms with Crippen LogP contribution in [0.1, 0.15) is 31.1 Å². The summed E-state index contributed by atoms with van der Waals surface area (Å²) in [5.74, 6) is 0.590. The molecule has 0 atom stereocenters. The Labute approximate surface area is 120 Å². The van der Waals surface area contributed by atoms with Crippen molar-refractivity contribution in [2.24, 2.45) is 4.99 Å². The Hall–Kier alpha value is -2.11. The van der Waals surface area contributed by atoms with E-state index in [9.17, 15) is 4.79 Å². The number of guanidine groups is 1. The molecule has 20 heavy (non-hydrogen) atoms. The highest BCUT2D eigenvalue weighted by molar-refractivity contribution is 5.93. The second kappa shape index (κ2) is 7.47. The van der Waals surface area contributed by atoms with Crippen LogP contribution in [0.4, 0.5) is 0 Å². The van der Waals surface area contributed by atoms with Gasteiger partial charge in [0.05, 0.1) is 5.56 Å². The summed E-state index contributed by atoms with van der Waals surface area (Å²) in [5, 5.41) is 9.20. The zero-order chi connectivity index (χ0) is 15.0. The van der Waals surface area contributed by atoms with Crippen molar-refractivity contribution in [1.82, 2.24) is 20.9 Å². The summed E-state index contributed by atoms with van der Waals surface area (Å²) in [4.78, 5) is 19.8. The highest BCUT2D eigenvalue weighted by Gasteiger charge is 2.11. The zero-order valence-corrected chi connectivity index (χ0v) is 12.5. The number of carbonyl (C=O) groups is 1. The first kappa shape index (κ1) is 15.9. The van der Waals surface area contributed by atoms with E-state index in [0.29, 0.717) is 24.6 Å². The molecule has 0 aliphatic heterocycles. The minimum atomic E-state index is -0.126. The number of nitrogens with zero attached hydrogens (tertiary/aromatic N) is 2. The monoisotopic (exact) mass is 277 g/mol. The summed E-state index contributed by atoms with van der Waals surface area (Å²) in [5.41, 5.74) is 0.505. The zero-order valence-electron chi connectivity index (χ0n) is 12.5. The van der Waals surface area contributed by atoms with E-state index in [0.717, 1.165) is 0 Å². The molecule has 6 heteroatoms. The van der Waals surface area contributed by atoms with Gasteiger partial charge in [0, 0.05) is 38.1 Å². The van der Waals surface area contributed by atoms with Crippen LogP contribution in [0.5, 0.6) is 0 Å². The lowest BCUT2D eigenvalue weighted by Gasteiger charge is -2.23. The number of rotatable bonds is 4. The maximum atomic E-state index is 11.8. The minimum Gasteiger partial charge on any atom is -0.355 e. The Balaban J connectivity index is 2.29. The van der Waals surface area contributed by atoms with E-state index in [1.165, 1.54) is 0 Å². The standard InChI is InChI=1S/C14H23N5O/c1-14(2,3)19-13(15-4)18-9-8-17-12(20)11-6-5-7-16-10-11/h5-7,10H,8-9H2,1-4H3,(H,17,20)(H2,15,18,19). The van der Waals surface area contributed by atoms with Gasteiger partial charge < -0.3 is 16.0 Å². The number of pyridine rings is 1. The molecular formula is C14H23N5O. The fourth-order valence-corrected chi connectivity index (χ4v) is 1.49. The number of carbonyl (C=O) groups excluding carboxylic acids is 1. The average Bonchev–Trinajstić information content (AvgIpc) is 2.41. The molecule has 110 valence electrons. The Morgan fingerprint density at radius 2 is 2.00 bits per heavy atom. The lowest BCUT2D eigenvalue weighted by molar-refractivity contribution is 0.0954. The van der Waals surface area contributed by atoms with E-state index >= 15 is 0 Å². The van der Waals surface area contributed by atoms with Crippen molar-refractivity contribution in [3.8, 4) is 0 Å². The summed E-state index contributed by atoms with van der Waals surface area (Å²) >= 11 is 0. The molecule has 1 rings (SSSR count). The third-order valence-electron chi connectivity index (χ3n) is 2.34. The van der Waals surface area contributed by atoms with Gasteiger partial charge in [0.25, 0.3) is 5.91 Å². The molecule has 0 aliphatic carbocycles. The highest BCUT2D eigenvalue weighted by atomic mass is 16.1. The van der Waals surface area contributed by atoms with Gasteiger partial charge in [-0.3, -0.25) is 14.8 Å². The quantitative estimate of drug-likeness (QED) is 0.432. The topological polar surface area (TPSA) is 78.4 Å². The van der Waals surface area contributed by atoms with E-state index in [4.69, 9.17) is 0 Å². The van der Waals surface area contributed by atoms with Gasteiger partial charge in [0.15, 0.2) is 5.96 Å². The average molecular weight is 277 g/mol. The molecule has 1 aromatic rings. The first-order chi connectivity index (χ1) is 9.42. The maximum Gasteiger partial charge on any atom is 0.252 e. The Bertz CT molecular complexity index is 450. The SMILES string of the molecule is CN=C(NCCNC(=O)c1cccnc1)NC(C)(C)C. The molecule has 1 amide bonds. The number of hydrogen-bond acceptors (Lipinski definition) is 3. The number of nitrogens with one attached hydrogen (secondary N) is 3. The van der Waals surface area contributed by atoms with E-state index in [1.54, 1.807) is 31.6 Å². The maximum absolute atomic E-state index is 11.8. The van der Waals surface area contributed by atoms with Crippen LogP contribution in [0.15, 0.2) is 29.5 Å². The van der Waals surface area contributed by atoms with Gasteiger partial charge in [-0.05, 0) is 32.9 Å². The molecule has 0 aromatic carbocycles. The van der Waals surface area contributed by atoms with Crippen LogP contribution in [0.3, 0.4) is 0 Å². The summed E-state index contributed by atoms with van der Waals surface area (Å²) < 4.78 is 0. The van der Waals surface area contributed by atoms with Crippen molar-refractivity contribution >= 4 is 11.9 Å². The lowest BCUT2D eigenvalue weighted by atomic mass is 10.1. The predicted molar refractivity (Wildman–Crippen MR) is 80.8 cm³/mol. The number of amides is 1. The molecule has 0 spiro atoms. The smallest absolute Gasteiger partial charge is 0.252 e. The molecule has 1 aromatic heterocycles. The lowest BCUT2D eigenvalue weighted by Crippen LogP contribution is -2.49. The molecule has 0 fully saturated rings. The Morgan fingerprint density at radius 1 is 1.30 bits per heavy atom. The summed E-state index contributed by atoms with van der Waals surface area (Å²) in [6.07, 6.45) is 3.18. The van der Waals surface area contributed by atoms with Gasteiger partial charge in [-0.25, -0.2) is 0 Å². The van der Waals surface area contributed by atoms with Gasteiger partial charge in [-0.15, -0.1) is 0 Å². The normalized spacial score (nSPS) is 11.9. The molecule has 0 bridgehead atoms. The molecular weight excluding hydrogens is 254 g/mol. The van der Waals surface area contributed by atoms with Crippen LogP contribution < -0.4 is 16.0 Å². The Morgan fingerprint density at radius 3 is 2.55 bits per heavy atom. The second-order valence-electron chi connectivity index (χ2n) is 5.37. The van der Waals surface area contributed by atoms with Crippen LogP contribution in [0.25, 0.3) is 0 Å². The fraction of sp³-hybridized carbons (Fsp3) is 0.500. The van der Waals surface area contributed by atoms with Crippen molar-refractivity contribution in [2.75, 3.05) is 20.1 Å². The first-order valence-electron chi connectivity index (χ1n) is 6.59. The first-order valence-corrected chi connectivity index (χ1v) is 6.59. The van der Waals surface area contributed by atoms with E-state index < -0.39 is 0 Å². The van der Waals surface area contributed by atoms with E-state index in [-0.39, 0.29) is 11.4 Å². The predicted octanol–water partition coefficient (Wildman–Crippen LogP) is 0.775. The van der Waals surface area contributed by atoms with Crippen molar-refractivity contribution in [2.45, 2.75) is 26.3 Å². The van der Waals surface area contributed by atoms with Gasteiger partial charge in [-0.2, -0.15) is 0 Å². The van der Waals surface area contributed by atoms with Gasteiger partial charge in [0.1, 0.15) is 0 Å². The fourth-order valence-electron chi connectivity index (χ4n) is 1.49. The third kappa shape index (κ3) is 6.17. The van der Waals surface area contributed by atoms with E-state index in [2.05, 4.69) is 46.7 Å². The highest BCUT2D eigenvalue weighted by Crippen LogP contribution is 1.97. The van der Waals surface area contributed by atoms with Crippen LogP contribution in [-0.2, 0) is 0 Å². The van der Waals surface area contributed by atoms with Crippen molar-refractivity contribution < 1.29 is 4.79 Å². The van der Waals surface area contributed by atoms with Gasteiger partial charge >= 0.3 is 0 Å². The van der Waals surface area contributed by atoms with Crippen molar-refractivity contribution in [1.29, 1.82) is 0 Å².